The normalized spacial score (nSPS) is 21.8. The monoisotopic (exact) mass is 400 g/mol. The van der Waals surface area contributed by atoms with Crippen molar-refractivity contribution in [2.24, 2.45) is 0 Å². The number of allylic oxidation sites excluding steroid dienone is 1. The number of amides is 1. The number of carbonyl (C=O) groups excluding carboxylic acids is 1. The third kappa shape index (κ3) is 3.44. The standard InChI is InChI=1S/C20H24N4O3S/c1-15-11-20(17-5-3-4-6-18(17)22-19(20)25)7-8-23(15)13-16-12-21-24(14-16)9-10-28(2,26)27/h3-6,12,14H,1,7-11,13H2,2H3,(H,22,25). The molecule has 1 saturated heterocycles. The number of para-hydroxylation sites is 1. The molecule has 2 aliphatic heterocycles. The van der Waals surface area contributed by atoms with E-state index in [2.05, 4.69) is 21.9 Å². The van der Waals surface area contributed by atoms with Crippen LogP contribution in [0.4, 0.5) is 5.69 Å². The molecule has 0 aliphatic carbocycles. The smallest absolute Gasteiger partial charge is 0.235 e. The Morgan fingerprint density at radius 3 is 2.86 bits per heavy atom. The molecule has 1 spiro atoms. The number of hydrogen-bond acceptors (Lipinski definition) is 5. The number of aromatic nitrogens is 2. The fourth-order valence-electron chi connectivity index (χ4n) is 4.11. The van der Waals surface area contributed by atoms with Gasteiger partial charge in [-0.05, 0) is 18.1 Å². The maximum Gasteiger partial charge on any atom is 0.235 e. The quantitative estimate of drug-likeness (QED) is 0.829. The van der Waals surface area contributed by atoms with Crippen molar-refractivity contribution in [3.63, 3.8) is 0 Å². The summed E-state index contributed by atoms with van der Waals surface area (Å²) in [4.78, 5) is 14.9. The van der Waals surface area contributed by atoms with Crippen LogP contribution >= 0.6 is 0 Å². The maximum atomic E-state index is 12.7. The Kier molecular flexibility index (Phi) is 4.53. The molecule has 28 heavy (non-hydrogen) atoms. The van der Waals surface area contributed by atoms with Crippen LogP contribution in [0.2, 0.25) is 0 Å². The highest BCUT2D eigenvalue weighted by Gasteiger charge is 2.49. The molecule has 1 fully saturated rings. The van der Waals surface area contributed by atoms with Crippen molar-refractivity contribution >= 4 is 21.4 Å². The summed E-state index contributed by atoms with van der Waals surface area (Å²) < 4.78 is 24.3. The average molecular weight is 401 g/mol. The number of rotatable bonds is 5. The minimum Gasteiger partial charge on any atom is -0.371 e. The highest BCUT2D eigenvalue weighted by Crippen LogP contribution is 2.47. The zero-order chi connectivity index (χ0) is 19.9. The zero-order valence-corrected chi connectivity index (χ0v) is 16.7. The number of nitrogens with zero attached hydrogens (tertiary/aromatic N) is 3. The van der Waals surface area contributed by atoms with E-state index in [1.54, 1.807) is 10.9 Å². The predicted octanol–water partition coefficient (Wildman–Crippen LogP) is 1.93. The Labute approximate surface area is 165 Å². The molecule has 148 valence electrons. The summed E-state index contributed by atoms with van der Waals surface area (Å²) in [5.74, 6) is 0.129. The van der Waals surface area contributed by atoms with E-state index in [0.29, 0.717) is 19.5 Å². The molecule has 0 radical (unpaired) electrons. The van der Waals surface area contributed by atoms with Gasteiger partial charge in [-0.1, -0.05) is 24.8 Å². The predicted molar refractivity (Wildman–Crippen MR) is 107 cm³/mol. The second-order valence-electron chi connectivity index (χ2n) is 7.74. The third-order valence-corrected chi connectivity index (χ3v) is 6.56. The van der Waals surface area contributed by atoms with Gasteiger partial charge in [0.2, 0.25) is 5.91 Å². The first-order chi connectivity index (χ1) is 13.3. The summed E-state index contributed by atoms with van der Waals surface area (Å²) in [5.41, 5.74) is 3.38. The second kappa shape index (κ2) is 6.77. The molecule has 0 bridgehead atoms. The van der Waals surface area contributed by atoms with E-state index in [1.165, 1.54) is 6.26 Å². The summed E-state index contributed by atoms with van der Waals surface area (Å²) in [6.07, 6.45) is 6.19. The molecule has 3 heterocycles. The van der Waals surface area contributed by atoms with E-state index in [9.17, 15) is 13.2 Å². The van der Waals surface area contributed by atoms with Gasteiger partial charge in [0.15, 0.2) is 0 Å². The van der Waals surface area contributed by atoms with E-state index < -0.39 is 15.3 Å². The highest BCUT2D eigenvalue weighted by atomic mass is 32.2. The van der Waals surface area contributed by atoms with Crippen LogP contribution in [0, 0.1) is 0 Å². The molecule has 1 amide bonds. The number of sulfone groups is 1. The van der Waals surface area contributed by atoms with Gasteiger partial charge in [0.05, 0.1) is 23.9 Å². The van der Waals surface area contributed by atoms with Gasteiger partial charge in [-0.2, -0.15) is 5.10 Å². The lowest BCUT2D eigenvalue weighted by Gasteiger charge is -2.40. The first-order valence-corrected chi connectivity index (χ1v) is 11.4. The highest BCUT2D eigenvalue weighted by molar-refractivity contribution is 7.90. The number of benzene rings is 1. The van der Waals surface area contributed by atoms with E-state index >= 15 is 0 Å². The Bertz CT molecular complexity index is 1040. The lowest BCUT2D eigenvalue weighted by molar-refractivity contribution is -0.122. The number of hydrogen-bond donors (Lipinski definition) is 1. The van der Waals surface area contributed by atoms with Gasteiger partial charge in [0, 0.05) is 48.9 Å². The van der Waals surface area contributed by atoms with Crippen LogP contribution in [-0.2, 0) is 33.1 Å². The lowest BCUT2D eigenvalue weighted by atomic mass is 9.72. The largest absolute Gasteiger partial charge is 0.371 e. The average Bonchev–Trinajstić information content (AvgIpc) is 3.19. The van der Waals surface area contributed by atoms with Gasteiger partial charge < -0.3 is 10.2 Å². The molecule has 7 nitrogen and oxygen atoms in total. The molecule has 0 saturated carbocycles. The summed E-state index contributed by atoms with van der Waals surface area (Å²) in [6.45, 7) is 5.96. The Morgan fingerprint density at radius 1 is 1.32 bits per heavy atom. The first-order valence-electron chi connectivity index (χ1n) is 9.30. The Hall–Kier alpha value is -2.61. The van der Waals surface area contributed by atoms with Crippen LogP contribution < -0.4 is 5.32 Å². The number of likely N-dealkylation sites (tertiary alicyclic amines) is 1. The van der Waals surface area contributed by atoms with E-state index in [4.69, 9.17) is 0 Å². The maximum absolute atomic E-state index is 12.7. The van der Waals surface area contributed by atoms with Gasteiger partial charge in [0.25, 0.3) is 0 Å². The molecule has 2 aliphatic rings. The molecule has 4 rings (SSSR count). The topological polar surface area (TPSA) is 84.3 Å². The van der Waals surface area contributed by atoms with Crippen molar-refractivity contribution in [1.82, 2.24) is 14.7 Å². The second-order valence-corrected chi connectivity index (χ2v) is 10.00. The number of fused-ring (bicyclic) bond motifs is 2. The fourth-order valence-corrected chi connectivity index (χ4v) is 4.63. The van der Waals surface area contributed by atoms with Crippen molar-refractivity contribution in [2.75, 3.05) is 23.9 Å². The van der Waals surface area contributed by atoms with Gasteiger partial charge in [-0.15, -0.1) is 0 Å². The number of nitrogens with one attached hydrogen (secondary N) is 1. The third-order valence-electron chi connectivity index (χ3n) is 5.64. The molecule has 8 heteroatoms. The number of anilines is 1. The molecule has 1 atom stereocenters. The Balaban J connectivity index is 1.44. The number of piperidine rings is 1. The summed E-state index contributed by atoms with van der Waals surface area (Å²) in [6, 6.07) is 7.88. The summed E-state index contributed by atoms with van der Waals surface area (Å²) in [5, 5.41) is 7.27. The van der Waals surface area contributed by atoms with Crippen LogP contribution in [0.5, 0.6) is 0 Å². The van der Waals surface area contributed by atoms with E-state index in [1.807, 2.05) is 30.5 Å². The van der Waals surface area contributed by atoms with Crippen molar-refractivity contribution in [2.45, 2.75) is 31.3 Å². The van der Waals surface area contributed by atoms with Gasteiger partial charge in [-0.25, -0.2) is 8.42 Å². The van der Waals surface area contributed by atoms with Crippen molar-refractivity contribution in [3.05, 3.63) is 60.1 Å². The summed E-state index contributed by atoms with van der Waals surface area (Å²) >= 11 is 0. The lowest BCUT2D eigenvalue weighted by Crippen LogP contribution is -2.44. The summed E-state index contributed by atoms with van der Waals surface area (Å²) in [7, 11) is -3.01. The van der Waals surface area contributed by atoms with Gasteiger partial charge in [-0.3, -0.25) is 9.48 Å². The fraction of sp³-hybridized carbons (Fsp3) is 0.400. The minimum absolute atomic E-state index is 0.0584. The first kappa shape index (κ1) is 18.7. The zero-order valence-electron chi connectivity index (χ0n) is 15.9. The van der Waals surface area contributed by atoms with Crippen molar-refractivity contribution in [1.29, 1.82) is 0 Å². The van der Waals surface area contributed by atoms with Crippen molar-refractivity contribution < 1.29 is 13.2 Å². The van der Waals surface area contributed by atoms with Crippen LogP contribution in [0.3, 0.4) is 0 Å². The van der Waals surface area contributed by atoms with E-state index in [-0.39, 0.29) is 11.7 Å². The molecular formula is C20H24N4O3S. The van der Waals surface area contributed by atoms with Crippen LogP contribution in [0.15, 0.2) is 48.9 Å². The van der Waals surface area contributed by atoms with Gasteiger partial charge in [0.1, 0.15) is 9.84 Å². The number of carbonyl (C=O) groups is 1. The SMILES string of the molecule is C=C1CC2(CCN1Cc1cnn(CCS(C)(=O)=O)c1)C(=O)Nc1ccccc12. The molecule has 1 aromatic carbocycles. The van der Waals surface area contributed by atoms with Crippen LogP contribution in [0.25, 0.3) is 0 Å². The van der Waals surface area contributed by atoms with E-state index in [0.717, 1.165) is 35.5 Å². The Morgan fingerprint density at radius 2 is 2.11 bits per heavy atom. The van der Waals surface area contributed by atoms with Crippen molar-refractivity contribution in [3.8, 4) is 0 Å². The molecule has 1 unspecified atom stereocenters. The molecule has 1 aromatic heterocycles. The van der Waals surface area contributed by atoms with Gasteiger partial charge >= 0.3 is 0 Å². The molecule has 1 N–H and O–H groups in total. The number of aryl methyl sites for hydroxylation is 1. The minimum atomic E-state index is -3.01. The van der Waals surface area contributed by atoms with Crippen LogP contribution in [0.1, 0.15) is 24.0 Å². The molecule has 2 aromatic rings. The van der Waals surface area contributed by atoms with Crippen LogP contribution in [-0.4, -0.2) is 47.6 Å². The molecular weight excluding hydrogens is 376 g/mol.